The Morgan fingerprint density at radius 1 is 1.29 bits per heavy atom. The summed E-state index contributed by atoms with van der Waals surface area (Å²) in [6.07, 6.45) is 4.11. The molecule has 0 radical (unpaired) electrons. The smallest absolute Gasteiger partial charge is 0.252 e. The summed E-state index contributed by atoms with van der Waals surface area (Å²) in [6, 6.07) is 13.0. The van der Waals surface area contributed by atoms with E-state index in [4.69, 9.17) is 9.47 Å². The van der Waals surface area contributed by atoms with Crippen LogP contribution in [0.25, 0.3) is 0 Å². The van der Waals surface area contributed by atoms with Crippen molar-refractivity contribution in [3.8, 4) is 5.88 Å². The van der Waals surface area contributed by atoms with Crippen LogP contribution >= 0.6 is 11.8 Å². The van der Waals surface area contributed by atoms with Gasteiger partial charge in [-0.05, 0) is 30.9 Å². The number of nitrogens with zero attached hydrogens (tertiary/aromatic N) is 1. The molecular weight excluding hydrogens is 324 g/mol. The number of benzene rings is 1. The highest BCUT2D eigenvalue weighted by molar-refractivity contribution is 7.98. The average Bonchev–Trinajstić information content (AvgIpc) is 2.64. The van der Waals surface area contributed by atoms with Crippen molar-refractivity contribution in [1.82, 2.24) is 10.3 Å². The van der Waals surface area contributed by atoms with Gasteiger partial charge in [0, 0.05) is 23.8 Å². The summed E-state index contributed by atoms with van der Waals surface area (Å²) in [5.41, 5.74) is 0.688. The van der Waals surface area contributed by atoms with E-state index in [0.29, 0.717) is 31.1 Å². The molecule has 1 aromatic carbocycles. The lowest BCUT2D eigenvalue weighted by molar-refractivity contribution is -0.0153. The van der Waals surface area contributed by atoms with E-state index in [1.165, 1.54) is 0 Å². The fourth-order valence-electron chi connectivity index (χ4n) is 2.64. The summed E-state index contributed by atoms with van der Waals surface area (Å²) in [4.78, 5) is 17.8. The first kappa shape index (κ1) is 16.8. The largest absolute Gasteiger partial charge is 0.470 e. The Morgan fingerprint density at radius 2 is 2.12 bits per heavy atom. The molecule has 0 spiro atoms. The summed E-state index contributed by atoms with van der Waals surface area (Å²) < 4.78 is 11.4. The van der Waals surface area contributed by atoms with Crippen LogP contribution < -0.4 is 10.1 Å². The minimum Gasteiger partial charge on any atom is -0.470 e. The third-order valence-electron chi connectivity index (χ3n) is 3.88. The lowest BCUT2D eigenvalue weighted by Crippen LogP contribution is -2.51. The normalized spacial score (nSPS) is 20.4. The summed E-state index contributed by atoms with van der Waals surface area (Å²) >= 11 is 1.56. The van der Waals surface area contributed by atoms with Gasteiger partial charge in [-0.25, -0.2) is 4.98 Å². The van der Waals surface area contributed by atoms with Crippen molar-refractivity contribution in [3.05, 3.63) is 54.2 Å². The molecule has 2 heterocycles. The van der Waals surface area contributed by atoms with Gasteiger partial charge in [-0.2, -0.15) is 0 Å². The molecule has 126 valence electrons. The summed E-state index contributed by atoms with van der Waals surface area (Å²) in [6.45, 7) is 1.04. The first-order chi connectivity index (χ1) is 11.8. The van der Waals surface area contributed by atoms with Gasteiger partial charge in [-0.15, -0.1) is 11.8 Å². The van der Waals surface area contributed by atoms with E-state index in [1.54, 1.807) is 24.0 Å². The lowest BCUT2D eigenvalue weighted by Gasteiger charge is -2.32. The Hall–Kier alpha value is -2.05. The van der Waals surface area contributed by atoms with E-state index >= 15 is 0 Å². The average molecular weight is 344 g/mol. The Kier molecular flexibility index (Phi) is 5.72. The maximum absolute atomic E-state index is 12.7. The molecule has 1 aliphatic rings. The van der Waals surface area contributed by atoms with Gasteiger partial charge in [0.2, 0.25) is 5.88 Å². The van der Waals surface area contributed by atoms with Crippen LogP contribution in [0.3, 0.4) is 0 Å². The molecule has 0 saturated carbocycles. The summed E-state index contributed by atoms with van der Waals surface area (Å²) in [7, 11) is 0. The monoisotopic (exact) mass is 344 g/mol. The molecule has 3 rings (SSSR count). The number of pyridine rings is 1. The Labute approximate surface area is 145 Å². The predicted molar refractivity (Wildman–Crippen MR) is 93.6 cm³/mol. The number of amides is 1. The van der Waals surface area contributed by atoms with Crippen molar-refractivity contribution in [2.45, 2.75) is 23.5 Å². The van der Waals surface area contributed by atoms with E-state index in [0.717, 1.165) is 4.90 Å². The van der Waals surface area contributed by atoms with Crippen molar-refractivity contribution in [2.24, 2.45) is 0 Å². The first-order valence-corrected chi connectivity index (χ1v) is 9.09. The number of ether oxygens (including phenoxy) is 2. The highest BCUT2D eigenvalue weighted by atomic mass is 32.2. The minimum atomic E-state index is -0.251. The fourth-order valence-corrected chi connectivity index (χ4v) is 3.24. The van der Waals surface area contributed by atoms with E-state index in [1.807, 2.05) is 42.7 Å². The predicted octanol–water partition coefficient (Wildman–Crippen LogP) is 2.77. The van der Waals surface area contributed by atoms with Crippen molar-refractivity contribution >= 4 is 17.7 Å². The number of thioether (sulfide) groups is 1. The van der Waals surface area contributed by atoms with E-state index in [-0.39, 0.29) is 18.1 Å². The van der Waals surface area contributed by atoms with Crippen LogP contribution in [0.15, 0.2) is 53.6 Å². The second-order valence-corrected chi connectivity index (χ2v) is 6.32. The molecular formula is C18H20N2O3S. The van der Waals surface area contributed by atoms with Crippen LogP contribution in [0.1, 0.15) is 16.8 Å². The Bertz CT molecular complexity index is 681. The third kappa shape index (κ3) is 4.07. The van der Waals surface area contributed by atoms with Gasteiger partial charge < -0.3 is 14.8 Å². The van der Waals surface area contributed by atoms with Crippen LogP contribution in [0.4, 0.5) is 0 Å². The standard InChI is InChI=1S/C18H20N2O3S/c1-24-16-7-3-2-6-13(16)18(21)20-14-9-11-22-12-15(14)23-17-8-4-5-10-19-17/h2-8,10,14-15H,9,11-12H2,1H3,(H,20,21)/t14-,15-/m1/s1. The van der Waals surface area contributed by atoms with Gasteiger partial charge in [0.05, 0.1) is 18.2 Å². The Morgan fingerprint density at radius 3 is 2.92 bits per heavy atom. The minimum absolute atomic E-state index is 0.0820. The fraction of sp³-hybridized carbons (Fsp3) is 0.333. The Balaban J connectivity index is 1.70. The van der Waals surface area contributed by atoms with Crippen molar-refractivity contribution in [1.29, 1.82) is 0 Å². The molecule has 0 bridgehead atoms. The number of carbonyl (C=O) groups excluding carboxylic acids is 1. The van der Waals surface area contributed by atoms with E-state index < -0.39 is 0 Å². The van der Waals surface area contributed by atoms with E-state index in [2.05, 4.69) is 10.3 Å². The second-order valence-electron chi connectivity index (χ2n) is 5.47. The molecule has 1 fully saturated rings. The van der Waals surface area contributed by atoms with Crippen molar-refractivity contribution in [2.75, 3.05) is 19.5 Å². The quantitative estimate of drug-likeness (QED) is 0.845. The van der Waals surface area contributed by atoms with Gasteiger partial charge in [0.25, 0.3) is 5.91 Å². The van der Waals surface area contributed by atoms with Gasteiger partial charge in [0.15, 0.2) is 0 Å². The van der Waals surface area contributed by atoms with Crippen molar-refractivity contribution in [3.63, 3.8) is 0 Å². The highest BCUT2D eigenvalue weighted by Crippen LogP contribution is 2.21. The molecule has 2 aromatic rings. The highest BCUT2D eigenvalue weighted by Gasteiger charge is 2.30. The molecule has 24 heavy (non-hydrogen) atoms. The van der Waals surface area contributed by atoms with Crippen LogP contribution in [0.5, 0.6) is 5.88 Å². The zero-order valence-corrected chi connectivity index (χ0v) is 14.3. The van der Waals surface area contributed by atoms with Crippen LogP contribution in [0.2, 0.25) is 0 Å². The SMILES string of the molecule is CSc1ccccc1C(=O)N[C@@H]1CCOC[C@H]1Oc1ccccn1. The maximum Gasteiger partial charge on any atom is 0.252 e. The molecule has 1 aliphatic heterocycles. The zero-order chi connectivity index (χ0) is 16.8. The van der Waals surface area contributed by atoms with Gasteiger partial charge in [-0.1, -0.05) is 18.2 Å². The number of hydrogen-bond acceptors (Lipinski definition) is 5. The summed E-state index contributed by atoms with van der Waals surface area (Å²) in [5, 5.41) is 3.10. The molecule has 0 aliphatic carbocycles. The molecule has 1 N–H and O–H groups in total. The molecule has 5 nitrogen and oxygen atoms in total. The molecule has 1 saturated heterocycles. The maximum atomic E-state index is 12.7. The molecule has 0 unspecified atom stereocenters. The third-order valence-corrected chi connectivity index (χ3v) is 4.68. The molecule has 1 aromatic heterocycles. The van der Waals surface area contributed by atoms with E-state index in [9.17, 15) is 4.79 Å². The summed E-state index contributed by atoms with van der Waals surface area (Å²) in [5.74, 6) is 0.457. The molecule has 2 atom stereocenters. The second kappa shape index (κ2) is 8.17. The number of aromatic nitrogens is 1. The zero-order valence-electron chi connectivity index (χ0n) is 13.5. The molecule has 1 amide bonds. The van der Waals surface area contributed by atoms with Crippen LogP contribution in [-0.4, -0.2) is 42.5 Å². The number of carbonyl (C=O) groups is 1. The van der Waals surface area contributed by atoms with Gasteiger partial charge in [-0.3, -0.25) is 4.79 Å². The van der Waals surface area contributed by atoms with Crippen LogP contribution in [-0.2, 0) is 4.74 Å². The number of hydrogen-bond donors (Lipinski definition) is 1. The number of nitrogens with one attached hydrogen (secondary N) is 1. The van der Waals surface area contributed by atoms with Crippen LogP contribution in [0, 0.1) is 0 Å². The first-order valence-electron chi connectivity index (χ1n) is 7.87. The van der Waals surface area contributed by atoms with Gasteiger partial charge >= 0.3 is 0 Å². The molecule has 6 heteroatoms. The topological polar surface area (TPSA) is 60.5 Å². The van der Waals surface area contributed by atoms with Crippen molar-refractivity contribution < 1.29 is 14.3 Å². The van der Waals surface area contributed by atoms with Gasteiger partial charge in [0.1, 0.15) is 6.10 Å². The lowest BCUT2D eigenvalue weighted by atomic mass is 10.1. The number of rotatable bonds is 5.